The van der Waals surface area contributed by atoms with Gasteiger partial charge < -0.3 is 14.6 Å². The number of hydrogen-bond acceptors (Lipinski definition) is 5. The van der Waals surface area contributed by atoms with Crippen LogP contribution >= 0.6 is 0 Å². The Kier molecular flexibility index (Phi) is 4.12. The molecule has 0 aliphatic carbocycles. The number of nitrogens with zero attached hydrogens (tertiary/aromatic N) is 4. The van der Waals surface area contributed by atoms with Crippen LogP contribution in [0.5, 0.6) is 5.88 Å². The summed E-state index contributed by atoms with van der Waals surface area (Å²) in [7, 11) is 0. The van der Waals surface area contributed by atoms with Crippen molar-refractivity contribution in [2.45, 2.75) is 18.9 Å². The lowest BCUT2D eigenvalue weighted by atomic mass is 10.1. The number of H-pyrrole nitrogens is 1. The lowest BCUT2D eigenvalue weighted by Gasteiger charge is -2.32. The monoisotopic (exact) mass is 373 g/mol. The predicted molar refractivity (Wildman–Crippen MR) is 105 cm³/mol. The molecule has 1 N–H and O–H groups in total. The summed E-state index contributed by atoms with van der Waals surface area (Å²) < 4.78 is 6.12. The Labute approximate surface area is 161 Å². The molecule has 1 fully saturated rings. The fraction of sp³-hybridized carbons (Fsp3) is 0.238. The first-order valence-electron chi connectivity index (χ1n) is 9.37. The van der Waals surface area contributed by atoms with Gasteiger partial charge in [-0.2, -0.15) is 5.10 Å². The molecule has 1 aliphatic rings. The Hall–Kier alpha value is -3.48. The average molecular weight is 373 g/mol. The lowest BCUT2D eigenvalue weighted by Crippen LogP contribution is -2.41. The zero-order chi connectivity index (χ0) is 18.9. The summed E-state index contributed by atoms with van der Waals surface area (Å²) in [6, 6.07) is 13.5. The molecule has 0 atom stereocenters. The molecule has 0 unspecified atom stereocenters. The highest BCUT2D eigenvalue weighted by atomic mass is 16.5. The number of hydrogen-bond donors (Lipinski definition) is 1. The highest BCUT2D eigenvalue weighted by molar-refractivity contribution is 5.97. The molecule has 7 heteroatoms. The maximum Gasteiger partial charge on any atom is 0.253 e. The third-order valence-corrected chi connectivity index (χ3v) is 5.21. The molecule has 0 spiro atoms. The molecule has 0 radical (unpaired) electrons. The van der Waals surface area contributed by atoms with Gasteiger partial charge in [0.25, 0.3) is 5.91 Å². The van der Waals surface area contributed by atoms with Crippen LogP contribution in [0.15, 0.2) is 55.0 Å². The fourth-order valence-electron chi connectivity index (χ4n) is 3.67. The number of carbonyl (C=O) groups excluding carboxylic acids is 1. The average Bonchev–Trinajstić information content (AvgIpc) is 3.22. The van der Waals surface area contributed by atoms with Crippen molar-refractivity contribution in [3.8, 4) is 5.88 Å². The van der Waals surface area contributed by atoms with Gasteiger partial charge in [-0.3, -0.25) is 4.79 Å². The first-order valence-corrected chi connectivity index (χ1v) is 9.37. The molecule has 2 aromatic heterocycles. The van der Waals surface area contributed by atoms with Crippen molar-refractivity contribution in [3.05, 3.63) is 60.6 Å². The number of piperidine rings is 1. The normalized spacial score (nSPS) is 15.2. The quantitative estimate of drug-likeness (QED) is 0.596. The van der Waals surface area contributed by atoms with Crippen LogP contribution in [0.25, 0.3) is 21.8 Å². The van der Waals surface area contributed by atoms with E-state index in [1.54, 1.807) is 12.5 Å². The standard InChI is InChI=1S/C21H19N5O2/c27-21(14-5-6-18-19(11-14)23-13-22-18)26-9-7-16(8-10-26)28-20-17-4-2-1-3-15(17)12-24-25-20/h1-6,11-13,16H,7-10H2,(H,22,23). The minimum absolute atomic E-state index is 0.0271. The van der Waals surface area contributed by atoms with Gasteiger partial charge in [0.1, 0.15) is 6.10 Å². The largest absolute Gasteiger partial charge is 0.473 e. The minimum Gasteiger partial charge on any atom is -0.473 e. The second kappa shape index (κ2) is 6.92. The van der Waals surface area contributed by atoms with Crippen LogP contribution in [0.4, 0.5) is 0 Å². The third-order valence-electron chi connectivity index (χ3n) is 5.21. The van der Waals surface area contributed by atoms with Gasteiger partial charge in [0.05, 0.1) is 23.6 Å². The SMILES string of the molecule is O=C(c1ccc2nc[nH]c2c1)N1CCC(Oc2nncc3ccccc23)CC1. The summed E-state index contributed by atoms with van der Waals surface area (Å²) in [5.74, 6) is 0.604. The number of aromatic nitrogens is 4. The van der Waals surface area contributed by atoms with Crippen molar-refractivity contribution in [3.63, 3.8) is 0 Å². The zero-order valence-electron chi connectivity index (χ0n) is 15.2. The Morgan fingerprint density at radius 1 is 1.14 bits per heavy atom. The van der Waals surface area contributed by atoms with Crippen LogP contribution in [0, 0.1) is 0 Å². The van der Waals surface area contributed by atoms with Crippen LogP contribution in [0.3, 0.4) is 0 Å². The molecule has 1 saturated heterocycles. The molecule has 0 saturated carbocycles. The summed E-state index contributed by atoms with van der Waals surface area (Å²) in [6.45, 7) is 1.31. The van der Waals surface area contributed by atoms with E-state index in [1.807, 2.05) is 47.4 Å². The Morgan fingerprint density at radius 3 is 2.89 bits per heavy atom. The number of rotatable bonds is 3. The number of imidazole rings is 1. The molecule has 4 aromatic rings. The van der Waals surface area contributed by atoms with E-state index in [1.165, 1.54) is 0 Å². The molecule has 2 aromatic carbocycles. The van der Waals surface area contributed by atoms with E-state index in [2.05, 4.69) is 20.2 Å². The number of nitrogens with one attached hydrogen (secondary N) is 1. The molecule has 0 bridgehead atoms. The molecular weight excluding hydrogens is 354 g/mol. The number of benzene rings is 2. The van der Waals surface area contributed by atoms with Crippen LogP contribution in [0.1, 0.15) is 23.2 Å². The molecule has 1 amide bonds. The Balaban J connectivity index is 1.26. The van der Waals surface area contributed by atoms with Gasteiger partial charge in [-0.15, -0.1) is 5.10 Å². The molecule has 28 heavy (non-hydrogen) atoms. The van der Waals surface area contributed by atoms with E-state index >= 15 is 0 Å². The maximum absolute atomic E-state index is 12.8. The van der Waals surface area contributed by atoms with Crippen molar-refractivity contribution in [2.24, 2.45) is 0 Å². The maximum atomic E-state index is 12.8. The van der Waals surface area contributed by atoms with Crippen molar-refractivity contribution in [1.82, 2.24) is 25.1 Å². The van der Waals surface area contributed by atoms with E-state index < -0.39 is 0 Å². The third kappa shape index (κ3) is 3.05. The molecule has 7 nitrogen and oxygen atoms in total. The van der Waals surface area contributed by atoms with Gasteiger partial charge in [0.2, 0.25) is 5.88 Å². The van der Waals surface area contributed by atoms with Gasteiger partial charge in [-0.25, -0.2) is 4.98 Å². The highest BCUT2D eigenvalue weighted by Crippen LogP contribution is 2.25. The van der Waals surface area contributed by atoms with Crippen molar-refractivity contribution in [1.29, 1.82) is 0 Å². The van der Waals surface area contributed by atoms with E-state index in [0.717, 1.165) is 34.6 Å². The van der Waals surface area contributed by atoms with E-state index in [-0.39, 0.29) is 12.0 Å². The molecule has 5 rings (SSSR count). The van der Waals surface area contributed by atoms with E-state index in [4.69, 9.17) is 4.74 Å². The summed E-state index contributed by atoms with van der Waals surface area (Å²) in [6.07, 6.45) is 4.93. The van der Waals surface area contributed by atoms with E-state index in [0.29, 0.717) is 24.5 Å². The number of amides is 1. The number of ether oxygens (including phenoxy) is 1. The van der Waals surface area contributed by atoms with E-state index in [9.17, 15) is 4.79 Å². The lowest BCUT2D eigenvalue weighted by molar-refractivity contribution is 0.0589. The van der Waals surface area contributed by atoms with Crippen molar-refractivity contribution < 1.29 is 9.53 Å². The zero-order valence-corrected chi connectivity index (χ0v) is 15.2. The topological polar surface area (TPSA) is 84.0 Å². The number of fused-ring (bicyclic) bond motifs is 2. The first-order chi connectivity index (χ1) is 13.8. The second-order valence-corrected chi connectivity index (χ2v) is 6.98. The van der Waals surface area contributed by atoms with Crippen molar-refractivity contribution >= 4 is 27.7 Å². The van der Waals surface area contributed by atoms with Gasteiger partial charge in [-0.05, 0) is 24.3 Å². The van der Waals surface area contributed by atoms with Crippen LogP contribution in [0.2, 0.25) is 0 Å². The molecule has 3 heterocycles. The smallest absolute Gasteiger partial charge is 0.253 e. The van der Waals surface area contributed by atoms with Gasteiger partial charge in [0, 0.05) is 42.3 Å². The number of carbonyl (C=O) groups is 1. The summed E-state index contributed by atoms with van der Waals surface area (Å²) in [5.41, 5.74) is 2.41. The Bertz CT molecular complexity index is 1140. The summed E-state index contributed by atoms with van der Waals surface area (Å²) >= 11 is 0. The van der Waals surface area contributed by atoms with Crippen molar-refractivity contribution in [2.75, 3.05) is 13.1 Å². The van der Waals surface area contributed by atoms with Crippen LogP contribution < -0.4 is 4.74 Å². The van der Waals surface area contributed by atoms with Crippen LogP contribution in [-0.2, 0) is 0 Å². The molecule has 140 valence electrons. The molecule has 1 aliphatic heterocycles. The Morgan fingerprint density at radius 2 is 2.00 bits per heavy atom. The first kappa shape index (κ1) is 16.7. The second-order valence-electron chi connectivity index (χ2n) is 6.98. The fourth-order valence-corrected chi connectivity index (χ4v) is 3.67. The summed E-state index contributed by atoms with van der Waals surface area (Å²) in [5, 5.41) is 10.2. The van der Waals surface area contributed by atoms with Gasteiger partial charge in [0.15, 0.2) is 0 Å². The van der Waals surface area contributed by atoms with Gasteiger partial charge >= 0.3 is 0 Å². The highest BCUT2D eigenvalue weighted by Gasteiger charge is 2.25. The number of aromatic amines is 1. The van der Waals surface area contributed by atoms with Gasteiger partial charge in [-0.1, -0.05) is 18.2 Å². The minimum atomic E-state index is 0.0271. The van der Waals surface area contributed by atoms with Crippen LogP contribution in [-0.4, -0.2) is 50.2 Å². The summed E-state index contributed by atoms with van der Waals surface area (Å²) in [4.78, 5) is 22.0. The number of likely N-dealkylation sites (tertiary alicyclic amines) is 1. The molecular formula is C21H19N5O2. The predicted octanol–water partition coefficient (Wildman–Crippen LogP) is 3.19.